The molecule has 3 rings (SSSR count). The van der Waals surface area contributed by atoms with Gasteiger partial charge in [-0.05, 0) is 36.1 Å². The summed E-state index contributed by atoms with van der Waals surface area (Å²) < 4.78 is 10.8. The zero-order chi connectivity index (χ0) is 20.8. The average molecular weight is 417 g/mol. The first-order valence-electron chi connectivity index (χ1n) is 9.32. The Morgan fingerprint density at radius 3 is 2.59 bits per heavy atom. The van der Waals surface area contributed by atoms with E-state index in [-0.39, 0.29) is 37.7 Å². The predicted molar refractivity (Wildman–Crippen MR) is 108 cm³/mol. The Bertz CT molecular complexity index is 875. The van der Waals surface area contributed by atoms with Crippen LogP contribution in [0.4, 0.5) is 0 Å². The van der Waals surface area contributed by atoms with Crippen LogP contribution in [0, 0.1) is 0 Å². The number of hydrogen-bond acceptors (Lipinski definition) is 7. The average Bonchev–Trinajstić information content (AvgIpc) is 3.34. The molecule has 1 atom stereocenters. The van der Waals surface area contributed by atoms with E-state index in [0.717, 1.165) is 0 Å². The summed E-state index contributed by atoms with van der Waals surface area (Å²) in [6, 6.07) is 9.79. The lowest BCUT2D eigenvalue weighted by molar-refractivity contribution is -0.130. The van der Waals surface area contributed by atoms with Gasteiger partial charge >= 0.3 is 0 Å². The van der Waals surface area contributed by atoms with Gasteiger partial charge in [0.15, 0.2) is 5.76 Å². The lowest BCUT2D eigenvalue weighted by Gasteiger charge is -2.26. The number of aliphatic hydroxyl groups excluding tert-OH is 2. The molecule has 0 spiro atoms. The number of nitrogens with zero attached hydrogens (tertiary/aromatic N) is 1. The molecule has 0 radical (unpaired) electrons. The molecule has 8 heteroatoms. The van der Waals surface area contributed by atoms with E-state index in [1.54, 1.807) is 41.8 Å². The maximum absolute atomic E-state index is 13.1. The fourth-order valence-corrected chi connectivity index (χ4v) is 3.92. The Kier molecular flexibility index (Phi) is 7.03. The Labute approximate surface area is 172 Å². The first kappa shape index (κ1) is 21.0. The lowest BCUT2D eigenvalue weighted by Crippen LogP contribution is -2.34. The minimum Gasteiger partial charge on any atom is -0.503 e. The van der Waals surface area contributed by atoms with Crippen molar-refractivity contribution in [2.75, 3.05) is 33.0 Å². The number of benzene rings is 1. The second-order valence-electron chi connectivity index (χ2n) is 6.31. The fraction of sp³-hybridized carbons (Fsp3) is 0.333. The number of ketones is 1. The van der Waals surface area contributed by atoms with Crippen LogP contribution in [0.15, 0.2) is 53.1 Å². The monoisotopic (exact) mass is 417 g/mol. The first-order valence-corrected chi connectivity index (χ1v) is 10.2. The van der Waals surface area contributed by atoms with Gasteiger partial charge in [-0.2, -0.15) is 0 Å². The third kappa shape index (κ3) is 4.50. The van der Waals surface area contributed by atoms with E-state index in [9.17, 15) is 14.7 Å². The van der Waals surface area contributed by atoms with Gasteiger partial charge in [0, 0.05) is 6.54 Å². The molecule has 1 amide bonds. The van der Waals surface area contributed by atoms with Crippen molar-refractivity contribution in [2.24, 2.45) is 0 Å². The third-order valence-corrected chi connectivity index (χ3v) is 5.38. The summed E-state index contributed by atoms with van der Waals surface area (Å²) in [6.45, 7) is 2.78. The van der Waals surface area contributed by atoms with E-state index in [0.29, 0.717) is 22.8 Å². The number of rotatable bonds is 10. The van der Waals surface area contributed by atoms with Gasteiger partial charge in [0.25, 0.3) is 5.91 Å². The second-order valence-corrected chi connectivity index (χ2v) is 7.26. The van der Waals surface area contributed by atoms with Gasteiger partial charge in [-0.3, -0.25) is 9.59 Å². The number of carbonyl (C=O) groups is 2. The van der Waals surface area contributed by atoms with E-state index in [1.807, 2.05) is 6.92 Å². The van der Waals surface area contributed by atoms with Crippen LogP contribution in [0.25, 0.3) is 0 Å². The van der Waals surface area contributed by atoms with Crippen LogP contribution in [0.2, 0.25) is 0 Å². The van der Waals surface area contributed by atoms with Crippen LogP contribution in [-0.4, -0.2) is 59.8 Å². The normalized spacial score (nSPS) is 16.6. The molecule has 2 heterocycles. The van der Waals surface area contributed by atoms with Crippen molar-refractivity contribution in [2.45, 2.75) is 13.0 Å². The quantitative estimate of drug-likeness (QED) is 0.456. The van der Waals surface area contributed by atoms with Gasteiger partial charge < -0.3 is 24.6 Å². The van der Waals surface area contributed by atoms with E-state index < -0.39 is 17.7 Å². The smallest absolute Gasteiger partial charge is 0.290 e. The summed E-state index contributed by atoms with van der Waals surface area (Å²) in [5.74, 6) is -0.845. The van der Waals surface area contributed by atoms with E-state index >= 15 is 0 Å². The molecule has 7 nitrogen and oxygen atoms in total. The zero-order valence-electron chi connectivity index (χ0n) is 16.0. The Morgan fingerprint density at radius 2 is 1.97 bits per heavy atom. The van der Waals surface area contributed by atoms with Crippen molar-refractivity contribution < 1.29 is 29.3 Å². The topological polar surface area (TPSA) is 96.3 Å². The number of Topliss-reactive ketones (excluding diaryl/α,β-unsaturated/α-hetero) is 1. The summed E-state index contributed by atoms with van der Waals surface area (Å²) in [4.78, 5) is 27.7. The van der Waals surface area contributed by atoms with Crippen LogP contribution >= 0.6 is 11.3 Å². The molecular weight excluding hydrogens is 394 g/mol. The van der Waals surface area contributed by atoms with Crippen LogP contribution < -0.4 is 4.74 Å². The Morgan fingerprint density at radius 1 is 1.21 bits per heavy atom. The second kappa shape index (κ2) is 9.69. The van der Waals surface area contributed by atoms with Gasteiger partial charge in [0.2, 0.25) is 5.78 Å². The van der Waals surface area contributed by atoms with Crippen LogP contribution in [0.3, 0.4) is 0 Å². The van der Waals surface area contributed by atoms with E-state index in [1.165, 1.54) is 16.2 Å². The highest BCUT2D eigenvalue weighted by atomic mass is 32.1. The van der Waals surface area contributed by atoms with Crippen LogP contribution in [0.1, 0.15) is 28.2 Å². The molecule has 1 aliphatic heterocycles. The molecular formula is C21H23NO6S. The standard InChI is InChI=1S/C21H23NO6S/c1-2-28-15-7-5-14(6-8-15)18-17(19(24)16-4-3-13-29-16)20(25)21(26)22(18)9-11-27-12-10-23/h3-8,13,18,23,25H,2,9-12H2,1H3. The maximum Gasteiger partial charge on any atom is 0.290 e. The molecule has 1 aromatic heterocycles. The molecule has 154 valence electrons. The molecule has 29 heavy (non-hydrogen) atoms. The van der Waals surface area contributed by atoms with Crippen molar-refractivity contribution in [1.29, 1.82) is 0 Å². The molecule has 0 saturated carbocycles. The van der Waals surface area contributed by atoms with Crippen molar-refractivity contribution in [1.82, 2.24) is 4.90 Å². The molecule has 0 bridgehead atoms. The number of carbonyl (C=O) groups excluding carboxylic acids is 2. The van der Waals surface area contributed by atoms with E-state index in [4.69, 9.17) is 14.6 Å². The summed E-state index contributed by atoms with van der Waals surface area (Å²) in [6.07, 6.45) is 0. The van der Waals surface area contributed by atoms with Gasteiger partial charge in [-0.25, -0.2) is 0 Å². The molecule has 1 unspecified atom stereocenters. The molecule has 0 saturated heterocycles. The molecule has 1 aromatic carbocycles. The number of hydrogen-bond donors (Lipinski definition) is 2. The summed E-state index contributed by atoms with van der Waals surface area (Å²) in [5, 5.41) is 21.2. The van der Waals surface area contributed by atoms with E-state index in [2.05, 4.69) is 0 Å². The minimum absolute atomic E-state index is 0.0590. The summed E-state index contributed by atoms with van der Waals surface area (Å²) >= 11 is 1.26. The number of amides is 1. The maximum atomic E-state index is 13.1. The molecule has 2 N–H and O–H groups in total. The molecule has 1 aliphatic rings. The van der Waals surface area contributed by atoms with Gasteiger partial charge in [-0.1, -0.05) is 18.2 Å². The van der Waals surface area contributed by atoms with Gasteiger partial charge in [0.05, 0.1) is 42.9 Å². The van der Waals surface area contributed by atoms with Crippen LogP contribution in [-0.2, 0) is 9.53 Å². The Balaban J connectivity index is 1.95. The fourth-order valence-electron chi connectivity index (χ4n) is 3.25. The number of thiophene rings is 1. The number of aliphatic hydroxyl groups is 2. The zero-order valence-corrected chi connectivity index (χ0v) is 16.9. The van der Waals surface area contributed by atoms with Crippen LogP contribution in [0.5, 0.6) is 5.75 Å². The largest absolute Gasteiger partial charge is 0.503 e. The SMILES string of the molecule is CCOc1ccc(C2C(C(=O)c3cccs3)=C(O)C(=O)N2CCOCCO)cc1. The highest BCUT2D eigenvalue weighted by Crippen LogP contribution is 2.39. The number of ether oxygens (including phenoxy) is 2. The first-order chi connectivity index (χ1) is 14.1. The summed E-state index contributed by atoms with van der Waals surface area (Å²) in [5.41, 5.74) is 0.747. The highest BCUT2D eigenvalue weighted by molar-refractivity contribution is 7.12. The summed E-state index contributed by atoms with van der Waals surface area (Å²) in [7, 11) is 0. The van der Waals surface area contributed by atoms with Crippen molar-refractivity contribution in [3.63, 3.8) is 0 Å². The minimum atomic E-state index is -0.731. The van der Waals surface area contributed by atoms with Crippen molar-refractivity contribution >= 4 is 23.0 Å². The predicted octanol–water partition coefficient (Wildman–Crippen LogP) is 2.73. The molecule has 0 fully saturated rings. The van der Waals surface area contributed by atoms with Crippen molar-refractivity contribution in [3.05, 3.63) is 63.6 Å². The van der Waals surface area contributed by atoms with Gasteiger partial charge in [-0.15, -0.1) is 11.3 Å². The lowest BCUT2D eigenvalue weighted by atomic mass is 9.95. The van der Waals surface area contributed by atoms with Gasteiger partial charge in [0.1, 0.15) is 5.75 Å². The molecule has 0 aliphatic carbocycles. The Hall–Kier alpha value is -2.68. The highest BCUT2D eigenvalue weighted by Gasteiger charge is 2.43. The third-order valence-electron chi connectivity index (χ3n) is 4.51. The molecule has 2 aromatic rings. The van der Waals surface area contributed by atoms with Crippen molar-refractivity contribution in [3.8, 4) is 5.75 Å².